The van der Waals surface area contributed by atoms with Gasteiger partial charge in [0.15, 0.2) is 0 Å². The number of carbonyl (C=O) groups is 2. The van der Waals surface area contributed by atoms with E-state index in [-0.39, 0.29) is 4.32 Å². The van der Waals surface area contributed by atoms with Gasteiger partial charge in [0.25, 0.3) is 5.91 Å². The van der Waals surface area contributed by atoms with Crippen molar-refractivity contribution in [3.8, 4) is 5.75 Å². The second-order valence-corrected chi connectivity index (χ2v) is 6.38. The highest BCUT2D eigenvalue weighted by Gasteiger charge is 2.38. The molecule has 1 fully saturated rings. The molecule has 0 saturated carbocycles. The number of carboxylic acid groups (broad SMARTS) is 1. The Kier molecular flexibility index (Phi) is 5.57. The average Bonchev–Trinajstić information content (AvgIpc) is 2.79. The van der Waals surface area contributed by atoms with Crippen LogP contribution >= 0.6 is 24.0 Å². The predicted octanol–water partition coefficient (Wildman–Crippen LogP) is 2.93. The largest absolute Gasteiger partial charge is 0.489 e. The van der Waals surface area contributed by atoms with Crippen molar-refractivity contribution in [2.45, 2.75) is 13.0 Å². The van der Waals surface area contributed by atoms with Crippen molar-refractivity contribution in [3.63, 3.8) is 0 Å². The first kappa shape index (κ1) is 17.2. The zero-order valence-corrected chi connectivity index (χ0v) is 14.0. The second-order valence-electron chi connectivity index (χ2n) is 4.70. The summed E-state index contributed by atoms with van der Waals surface area (Å²) in [4.78, 5) is 25.0. The van der Waals surface area contributed by atoms with Crippen LogP contribution in [0.1, 0.15) is 12.5 Å². The van der Waals surface area contributed by atoms with Gasteiger partial charge in [0.2, 0.25) is 0 Å². The van der Waals surface area contributed by atoms with E-state index < -0.39 is 17.9 Å². The molecule has 1 aromatic rings. The molecule has 0 aliphatic carbocycles. The van der Waals surface area contributed by atoms with E-state index in [4.69, 9.17) is 22.1 Å². The molecule has 1 N–H and O–H groups in total. The summed E-state index contributed by atoms with van der Waals surface area (Å²) in [5, 5.41) is 9.08. The first-order valence-corrected chi connectivity index (χ1v) is 8.00. The Bertz CT molecular complexity index is 699. The summed E-state index contributed by atoms with van der Waals surface area (Å²) in [7, 11) is 0. The third-order valence-corrected chi connectivity index (χ3v) is 4.46. The zero-order valence-electron chi connectivity index (χ0n) is 12.4. The molecule has 7 heteroatoms. The van der Waals surface area contributed by atoms with E-state index in [1.807, 2.05) is 18.2 Å². The van der Waals surface area contributed by atoms with Crippen LogP contribution in [-0.4, -0.2) is 38.9 Å². The van der Waals surface area contributed by atoms with Crippen LogP contribution in [0.2, 0.25) is 0 Å². The lowest BCUT2D eigenvalue weighted by atomic mass is 10.2. The van der Waals surface area contributed by atoms with Crippen LogP contribution < -0.4 is 4.74 Å². The van der Waals surface area contributed by atoms with E-state index in [0.29, 0.717) is 17.3 Å². The van der Waals surface area contributed by atoms with Crippen molar-refractivity contribution < 1.29 is 19.4 Å². The lowest BCUT2D eigenvalue weighted by Gasteiger charge is -2.18. The SMILES string of the molecule is C=CCOc1ccccc1/C=C1/SC(=S)N([C@H](C)C(=O)O)C1=O. The molecule has 0 unspecified atom stereocenters. The van der Waals surface area contributed by atoms with Gasteiger partial charge < -0.3 is 9.84 Å². The second kappa shape index (κ2) is 7.43. The standard InChI is InChI=1S/C16H15NO4S2/c1-3-8-21-12-7-5-4-6-11(12)9-13-14(18)17(16(22)23-13)10(2)15(19)20/h3-7,9-10H,1,8H2,2H3,(H,19,20)/b13-9+/t10-/m1/s1. The Morgan fingerprint density at radius 2 is 2.22 bits per heavy atom. The molecule has 120 valence electrons. The van der Waals surface area contributed by atoms with Crippen molar-refractivity contribution in [2.75, 3.05) is 6.61 Å². The van der Waals surface area contributed by atoms with Gasteiger partial charge in [-0.1, -0.05) is 54.8 Å². The molecule has 2 rings (SSSR count). The molecule has 1 amide bonds. The normalized spacial score (nSPS) is 17.4. The number of hydrogen-bond acceptors (Lipinski definition) is 5. The Morgan fingerprint density at radius 1 is 1.52 bits per heavy atom. The molecule has 0 aromatic heterocycles. The Labute approximate surface area is 143 Å². The summed E-state index contributed by atoms with van der Waals surface area (Å²) >= 11 is 6.21. The first-order chi connectivity index (χ1) is 11.0. The number of thiocarbonyl (C=S) groups is 1. The van der Waals surface area contributed by atoms with Gasteiger partial charge in [0.05, 0.1) is 4.91 Å². The van der Waals surface area contributed by atoms with Gasteiger partial charge in [-0.3, -0.25) is 9.69 Å². The third-order valence-electron chi connectivity index (χ3n) is 3.13. The minimum absolute atomic E-state index is 0.237. The van der Waals surface area contributed by atoms with Gasteiger partial charge in [0, 0.05) is 5.56 Å². The maximum Gasteiger partial charge on any atom is 0.326 e. The van der Waals surface area contributed by atoms with E-state index in [9.17, 15) is 9.59 Å². The molecule has 0 bridgehead atoms. The molecule has 23 heavy (non-hydrogen) atoms. The molecule has 1 heterocycles. The summed E-state index contributed by atoms with van der Waals surface area (Å²) in [6.07, 6.45) is 3.29. The molecular formula is C16H15NO4S2. The molecule has 1 aliphatic rings. The minimum atomic E-state index is -1.10. The first-order valence-electron chi connectivity index (χ1n) is 6.78. The molecule has 1 saturated heterocycles. The monoisotopic (exact) mass is 349 g/mol. The fourth-order valence-corrected chi connectivity index (χ4v) is 3.35. The van der Waals surface area contributed by atoms with Crippen molar-refractivity contribution in [2.24, 2.45) is 0 Å². The van der Waals surface area contributed by atoms with Gasteiger partial charge in [0.1, 0.15) is 22.7 Å². The average molecular weight is 349 g/mol. The summed E-state index contributed by atoms with van der Waals surface area (Å²) in [6, 6.07) is 6.25. The molecule has 1 aromatic carbocycles. The quantitative estimate of drug-likeness (QED) is 0.484. The van der Waals surface area contributed by atoms with Crippen molar-refractivity contribution in [1.82, 2.24) is 4.90 Å². The molecular weight excluding hydrogens is 334 g/mol. The lowest BCUT2D eigenvalue weighted by Crippen LogP contribution is -2.41. The Hall–Kier alpha value is -2.12. The van der Waals surface area contributed by atoms with E-state index in [1.165, 1.54) is 6.92 Å². The third kappa shape index (κ3) is 3.80. The maximum absolute atomic E-state index is 12.4. The molecule has 1 aliphatic heterocycles. The zero-order chi connectivity index (χ0) is 17.0. The van der Waals surface area contributed by atoms with Gasteiger partial charge >= 0.3 is 5.97 Å². The van der Waals surface area contributed by atoms with Gasteiger partial charge in [-0.25, -0.2) is 4.79 Å². The smallest absolute Gasteiger partial charge is 0.326 e. The van der Waals surface area contributed by atoms with Crippen LogP contribution in [0.5, 0.6) is 5.75 Å². The fourth-order valence-electron chi connectivity index (χ4n) is 1.95. The summed E-state index contributed by atoms with van der Waals surface area (Å²) in [5.41, 5.74) is 0.720. The number of hydrogen-bond donors (Lipinski definition) is 1. The molecule has 0 spiro atoms. The number of amides is 1. The van der Waals surface area contributed by atoms with E-state index >= 15 is 0 Å². The number of nitrogens with zero attached hydrogens (tertiary/aromatic N) is 1. The van der Waals surface area contributed by atoms with Crippen LogP contribution in [0.25, 0.3) is 6.08 Å². The van der Waals surface area contributed by atoms with Crippen LogP contribution in [0.3, 0.4) is 0 Å². The van der Waals surface area contributed by atoms with Crippen LogP contribution in [-0.2, 0) is 9.59 Å². The van der Waals surface area contributed by atoms with Gasteiger partial charge in [-0.15, -0.1) is 0 Å². The van der Waals surface area contributed by atoms with Crippen molar-refractivity contribution in [1.29, 1.82) is 0 Å². The molecule has 1 atom stereocenters. The molecule has 5 nitrogen and oxygen atoms in total. The number of carbonyl (C=O) groups excluding carboxylic acids is 1. The van der Waals surface area contributed by atoms with Crippen molar-refractivity contribution >= 4 is 46.3 Å². The van der Waals surface area contributed by atoms with Crippen molar-refractivity contribution in [3.05, 3.63) is 47.4 Å². The summed E-state index contributed by atoms with van der Waals surface area (Å²) < 4.78 is 5.78. The highest BCUT2D eigenvalue weighted by Crippen LogP contribution is 2.35. The lowest BCUT2D eigenvalue weighted by molar-refractivity contribution is -0.144. The molecule has 0 radical (unpaired) electrons. The number of thioether (sulfide) groups is 1. The topological polar surface area (TPSA) is 66.8 Å². The van der Waals surface area contributed by atoms with E-state index in [0.717, 1.165) is 22.2 Å². The number of benzene rings is 1. The number of ether oxygens (including phenoxy) is 1. The fraction of sp³-hybridized carbons (Fsp3) is 0.188. The summed E-state index contributed by atoms with van der Waals surface area (Å²) in [6.45, 7) is 5.38. The van der Waals surface area contributed by atoms with E-state index in [2.05, 4.69) is 6.58 Å². The number of carboxylic acids is 1. The Morgan fingerprint density at radius 3 is 2.87 bits per heavy atom. The van der Waals surface area contributed by atoms with Crippen LogP contribution in [0, 0.1) is 0 Å². The number of para-hydroxylation sites is 1. The van der Waals surface area contributed by atoms with Crippen LogP contribution in [0.15, 0.2) is 41.8 Å². The maximum atomic E-state index is 12.4. The Balaban J connectivity index is 2.31. The van der Waals surface area contributed by atoms with E-state index in [1.54, 1.807) is 18.2 Å². The number of rotatable bonds is 6. The summed E-state index contributed by atoms with van der Waals surface area (Å²) in [5.74, 6) is -0.894. The predicted molar refractivity (Wildman–Crippen MR) is 94.2 cm³/mol. The highest BCUT2D eigenvalue weighted by molar-refractivity contribution is 8.26. The highest BCUT2D eigenvalue weighted by atomic mass is 32.2. The van der Waals surface area contributed by atoms with Gasteiger partial charge in [-0.05, 0) is 19.1 Å². The minimum Gasteiger partial charge on any atom is -0.489 e. The van der Waals surface area contributed by atoms with Crippen LogP contribution in [0.4, 0.5) is 0 Å². The van der Waals surface area contributed by atoms with Gasteiger partial charge in [-0.2, -0.15) is 0 Å². The number of aliphatic carboxylic acids is 1.